The van der Waals surface area contributed by atoms with Gasteiger partial charge in [0.25, 0.3) is 10.0 Å². The lowest BCUT2D eigenvalue weighted by Gasteiger charge is -2.09. The van der Waals surface area contributed by atoms with Crippen molar-refractivity contribution in [2.45, 2.75) is 25.4 Å². The van der Waals surface area contributed by atoms with Crippen LogP contribution in [-0.2, 0) is 16.6 Å². The molecule has 1 aromatic carbocycles. The van der Waals surface area contributed by atoms with Crippen LogP contribution < -0.4 is 10.0 Å². The Morgan fingerprint density at radius 3 is 2.67 bits per heavy atom. The van der Waals surface area contributed by atoms with Gasteiger partial charge in [0.1, 0.15) is 5.82 Å². The van der Waals surface area contributed by atoms with E-state index in [0.29, 0.717) is 23.4 Å². The Bertz CT molecular complexity index is 756. The number of nitrogens with one attached hydrogen (secondary N) is 3. The van der Waals surface area contributed by atoms with E-state index in [9.17, 15) is 12.8 Å². The molecular formula is C13H17FN4O2S. The van der Waals surface area contributed by atoms with E-state index in [-0.39, 0.29) is 10.7 Å². The first kappa shape index (κ1) is 15.5. The molecule has 0 atom stereocenters. The lowest BCUT2D eigenvalue weighted by atomic mass is 10.2. The average Bonchev–Trinajstić information content (AvgIpc) is 2.77. The van der Waals surface area contributed by atoms with Crippen molar-refractivity contribution in [2.24, 2.45) is 0 Å². The van der Waals surface area contributed by atoms with Gasteiger partial charge in [0.2, 0.25) is 5.03 Å². The predicted molar refractivity (Wildman–Crippen MR) is 78.0 cm³/mol. The summed E-state index contributed by atoms with van der Waals surface area (Å²) in [5.41, 5.74) is 1.83. The molecule has 3 N–H and O–H groups in total. The Kier molecular flexibility index (Phi) is 4.29. The van der Waals surface area contributed by atoms with Crippen LogP contribution in [0.2, 0.25) is 0 Å². The van der Waals surface area contributed by atoms with Gasteiger partial charge in [-0.15, -0.1) is 0 Å². The third kappa shape index (κ3) is 3.22. The fourth-order valence-corrected chi connectivity index (χ4v) is 3.15. The third-order valence-corrected chi connectivity index (χ3v) is 4.42. The Hall–Kier alpha value is -1.93. The van der Waals surface area contributed by atoms with Crippen LogP contribution in [0.1, 0.15) is 16.8 Å². The van der Waals surface area contributed by atoms with Crippen molar-refractivity contribution >= 4 is 15.7 Å². The van der Waals surface area contributed by atoms with Crippen molar-refractivity contribution in [1.82, 2.24) is 15.5 Å². The maximum absolute atomic E-state index is 13.5. The number of aromatic amines is 1. The summed E-state index contributed by atoms with van der Waals surface area (Å²) < 4.78 is 40.6. The van der Waals surface area contributed by atoms with Gasteiger partial charge in [0.05, 0.1) is 5.69 Å². The fraction of sp³-hybridized carbons (Fsp3) is 0.308. The molecule has 2 rings (SSSR count). The van der Waals surface area contributed by atoms with E-state index in [1.54, 1.807) is 20.9 Å². The minimum atomic E-state index is -3.87. The molecule has 0 aliphatic rings. The molecule has 0 fully saturated rings. The number of H-pyrrole nitrogens is 1. The van der Waals surface area contributed by atoms with E-state index in [1.165, 1.54) is 12.1 Å². The molecule has 0 aliphatic carbocycles. The average molecular weight is 312 g/mol. The molecular weight excluding hydrogens is 295 g/mol. The minimum absolute atomic E-state index is 0.0877. The monoisotopic (exact) mass is 312 g/mol. The summed E-state index contributed by atoms with van der Waals surface area (Å²) in [5, 5.41) is 9.29. The fourth-order valence-electron chi connectivity index (χ4n) is 1.90. The van der Waals surface area contributed by atoms with E-state index < -0.39 is 15.8 Å². The summed E-state index contributed by atoms with van der Waals surface area (Å²) in [6.07, 6.45) is 0. The van der Waals surface area contributed by atoms with Crippen LogP contribution in [0, 0.1) is 19.7 Å². The number of aryl methyl sites for hydroxylation is 2. The standard InChI is InChI=1S/C13H17FN4O2S/c1-8-4-5-10(6-12(8)14)18-21(19,20)13-11(7-15-3)9(2)16-17-13/h4-6,15,18H,7H2,1-3H3,(H,16,17). The molecule has 21 heavy (non-hydrogen) atoms. The van der Waals surface area contributed by atoms with Crippen molar-refractivity contribution in [2.75, 3.05) is 11.8 Å². The lowest BCUT2D eigenvalue weighted by Crippen LogP contribution is -2.17. The highest BCUT2D eigenvalue weighted by Gasteiger charge is 2.23. The van der Waals surface area contributed by atoms with Crippen molar-refractivity contribution in [3.63, 3.8) is 0 Å². The number of hydrogen-bond donors (Lipinski definition) is 3. The summed E-state index contributed by atoms with van der Waals surface area (Å²) in [7, 11) is -2.16. The van der Waals surface area contributed by atoms with Crippen molar-refractivity contribution in [3.8, 4) is 0 Å². The van der Waals surface area contributed by atoms with E-state index in [0.717, 1.165) is 6.07 Å². The second-order valence-corrected chi connectivity index (χ2v) is 6.33. The maximum Gasteiger partial charge on any atom is 0.281 e. The van der Waals surface area contributed by atoms with Gasteiger partial charge in [-0.1, -0.05) is 6.07 Å². The summed E-state index contributed by atoms with van der Waals surface area (Å²) in [5.74, 6) is -0.469. The van der Waals surface area contributed by atoms with E-state index >= 15 is 0 Å². The van der Waals surface area contributed by atoms with Crippen LogP contribution in [0.4, 0.5) is 10.1 Å². The predicted octanol–water partition coefficient (Wildman–Crippen LogP) is 1.69. The molecule has 0 spiro atoms. The summed E-state index contributed by atoms with van der Waals surface area (Å²) >= 11 is 0. The zero-order valence-electron chi connectivity index (χ0n) is 12.0. The molecule has 0 saturated heterocycles. The highest BCUT2D eigenvalue weighted by atomic mass is 32.2. The molecule has 0 unspecified atom stereocenters. The van der Waals surface area contributed by atoms with Crippen LogP contribution in [0.5, 0.6) is 0 Å². The molecule has 0 radical (unpaired) electrons. The first-order valence-corrected chi connectivity index (χ1v) is 7.81. The number of nitrogens with zero attached hydrogens (tertiary/aromatic N) is 1. The van der Waals surface area contributed by atoms with E-state index in [1.807, 2.05) is 0 Å². The second-order valence-electron chi connectivity index (χ2n) is 4.73. The minimum Gasteiger partial charge on any atom is -0.316 e. The maximum atomic E-state index is 13.5. The van der Waals surface area contributed by atoms with Crippen LogP contribution in [-0.4, -0.2) is 25.7 Å². The number of benzene rings is 1. The molecule has 0 aliphatic heterocycles. The van der Waals surface area contributed by atoms with Gasteiger partial charge in [-0.05, 0) is 38.6 Å². The highest BCUT2D eigenvalue weighted by Crippen LogP contribution is 2.21. The van der Waals surface area contributed by atoms with Gasteiger partial charge in [0, 0.05) is 17.8 Å². The quantitative estimate of drug-likeness (QED) is 0.784. The van der Waals surface area contributed by atoms with Gasteiger partial charge in [-0.2, -0.15) is 13.5 Å². The molecule has 114 valence electrons. The molecule has 0 bridgehead atoms. The molecule has 6 nitrogen and oxygen atoms in total. The summed E-state index contributed by atoms with van der Waals surface area (Å²) in [6.45, 7) is 3.71. The largest absolute Gasteiger partial charge is 0.316 e. The first-order valence-electron chi connectivity index (χ1n) is 6.32. The zero-order valence-corrected chi connectivity index (χ0v) is 12.8. The number of anilines is 1. The number of aromatic nitrogens is 2. The molecule has 1 heterocycles. The van der Waals surface area contributed by atoms with E-state index in [4.69, 9.17) is 0 Å². The normalized spacial score (nSPS) is 11.6. The third-order valence-electron chi connectivity index (χ3n) is 3.07. The van der Waals surface area contributed by atoms with Crippen LogP contribution >= 0.6 is 0 Å². The van der Waals surface area contributed by atoms with Gasteiger partial charge >= 0.3 is 0 Å². The Morgan fingerprint density at radius 2 is 2.05 bits per heavy atom. The zero-order chi connectivity index (χ0) is 15.6. The second kappa shape index (κ2) is 5.82. The van der Waals surface area contributed by atoms with Crippen molar-refractivity contribution < 1.29 is 12.8 Å². The number of rotatable bonds is 5. The first-order chi connectivity index (χ1) is 9.85. The Morgan fingerprint density at radius 1 is 1.33 bits per heavy atom. The lowest BCUT2D eigenvalue weighted by molar-refractivity contribution is 0.594. The van der Waals surface area contributed by atoms with E-state index in [2.05, 4.69) is 20.2 Å². The van der Waals surface area contributed by atoms with Crippen LogP contribution in [0.3, 0.4) is 0 Å². The summed E-state index contributed by atoms with van der Waals surface area (Å²) in [4.78, 5) is 0. The Balaban J connectivity index is 2.36. The molecule has 0 saturated carbocycles. The summed E-state index contributed by atoms with van der Waals surface area (Å²) in [6, 6.07) is 4.16. The van der Waals surface area contributed by atoms with Gasteiger partial charge in [0.15, 0.2) is 0 Å². The molecule has 8 heteroatoms. The Labute approximate surface area is 122 Å². The number of hydrogen-bond acceptors (Lipinski definition) is 4. The molecule has 0 amide bonds. The van der Waals surface area contributed by atoms with Crippen LogP contribution in [0.15, 0.2) is 23.2 Å². The highest BCUT2D eigenvalue weighted by molar-refractivity contribution is 7.92. The van der Waals surface area contributed by atoms with Gasteiger partial charge < -0.3 is 5.32 Å². The van der Waals surface area contributed by atoms with Gasteiger partial charge in [-0.3, -0.25) is 9.82 Å². The number of halogens is 1. The van der Waals surface area contributed by atoms with Crippen molar-refractivity contribution in [3.05, 3.63) is 40.8 Å². The smallest absolute Gasteiger partial charge is 0.281 e. The number of sulfonamides is 1. The SMILES string of the molecule is CNCc1c(S(=O)(=O)Nc2ccc(C)c(F)c2)n[nH]c1C. The molecule has 1 aromatic heterocycles. The van der Waals surface area contributed by atoms with Crippen molar-refractivity contribution in [1.29, 1.82) is 0 Å². The topological polar surface area (TPSA) is 86.9 Å². The van der Waals surface area contributed by atoms with Crippen LogP contribution in [0.25, 0.3) is 0 Å². The van der Waals surface area contributed by atoms with Gasteiger partial charge in [-0.25, -0.2) is 4.39 Å². The molecule has 2 aromatic rings.